The van der Waals surface area contributed by atoms with E-state index in [2.05, 4.69) is 0 Å². The molecule has 13 heavy (non-hydrogen) atoms. The Morgan fingerprint density at radius 2 is 2.08 bits per heavy atom. The molecule has 0 fully saturated rings. The van der Waals surface area contributed by atoms with Crippen molar-refractivity contribution in [3.8, 4) is 0 Å². The van der Waals surface area contributed by atoms with Gasteiger partial charge in [0, 0.05) is 26.7 Å². The van der Waals surface area contributed by atoms with E-state index in [1.54, 1.807) is 7.11 Å². The van der Waals surface area contributed by atoms with E-state index in [0.717, 1.165) is 13.0 Å². The lowest BCUT2D eigenvalue weighted by Gasteiger charge is -2.23. The molecule has 0 aliphatic rings. The summed E-state index contributed by atoms with van der Waals surface area (Å²) in [7, 11) is 1.65. The second-order valence-corrected chi connectivity index (χ2v) is 3.08. The van der Waals surface area contributed by atoms with E-state index in [9.17, 15) is 5.11 Å². The molecule has 4 heteroatoms. The van der Waals surface area contributed by atoms with E-state index in [-0.39, 0.29) is 12.7 Å². The van der Waals surface area contributed by atoms with Crippen molar-refractivity contribution < 1.29 is 14.9 Å². The van der Waals surface area contributed by atoms with Crippen molar-refractivity contribution >= 4 is 0 Å². The van der Waals surface area contributed by atoms with Gasteiger partial charge in [0.05, 0.1) is 19.3 Å². The van der Waals surface area contributed by atoms with Crippen LogP contribution in [-0.4, -0.2) is 61.2 Å². The Labute approximate surface area is 80.1 Å². The predicted octanol–water partition coefficient (Wildman–Crippen LogP) is -0.302. The standard InChI is InChI=1S/C9H21NO3/c1-3-9(12)8-10(4-6-11)5-7-13-2/h9,11-12H,3-8H2,1-2H3. The maximum atomic E-state index is 9.39. The molecular weight excluding hydrogens is 170 g/mol. The average molecular weight is 191 g/mol. The summed E-state index contributed by atoms with van der Waals surface area (Å²) in [5.41, 5.74) is 0. The van der Waals surface area contributed by atoms with Crippen LogP contribution in [-0.2, 0) is 4.74 Å². The average Bonchev–Trinajstić information content (AvgIpc) is 2.14. The van der Waals surface area contributed by atoms with Crippen molar-refractivity contribution in [2.24, 2.45) is 0 Å². The molecule has 1 unspecified atom stereocenters. The van der Waals surface area contributed by atoms with Crippen molar-refractivity contribution in [3.63, 3.8) is 0 Å². The summed E-state index contributed by atoms with van der Waals surface area (Å²) in [6, 6.07) is 0. The van der Waals surface area contributed by atoms with Gasteiger partial charge in [0.15, 0.2) is 0 Å². The molecule has 0 aromatic heterocycles. The molecule has 0 spiro atoms. The molecule has 80 valence electrons. The zero-order valence-electron chi connectivity index (χ0n) is 8.57. The van der Waals surface area contributed by atoms with Crippen molar-refractivity contribution in [3.05, 3.63) is 0 Å². The predicted molar refractivity (Wildman–Crippen MR) is 51.7 cm³/mol. The number of aliphatic hydroxyl groups excluding tert-OH is 2. The van der Waals surface area contributed by atoms with Gasteiger partial charge in [-0.1, -0.05) is 6.92 Å². The topological polar surface area (TPSA) is 52.9 Å². The third-order valence-electron chi connectivity index (χ3n) is 1.97. The Balaban J connectivity index is 3.65. The first-order valence-electron chi connectivity index (χ1n) is 4.74. The molecule has 0 aliphatic heterocycles. The Hall–Kier alpha value is -0.160. The zero-order chi connectivity index (χ0) is 10.1. The van der Waals surface area contributed by atoms with Crippen LogP contribution in [0.25, 0.3) is 0 Å². The van der Waals surface area contributed by atoms with Gasteiger partial charge < -0.3 is 14.9 Å². The van der Waals surface area contributed by atoms with Gasteiger partial charge in [-0.2, -0.15) is 0 Å². The fourth-order valence-corrected chi connectivity index (χ4v) is 1.08. The van der Waals surface area contributed by atoms with Crippen LogP contribution in [0.15, 0.2) is 0 Å². The van der Waals surface area contributed by atoms with Crippen LogP contribution in [0.1, 0.15) is 13.3 Å². The fourth-order valence-electron chi connectivity index (χ4n) is 1.08. The van der Waals surface area contributed by atoms with Crippen molar-refractivity contribution in [2.45, 2.75) is 19.4 Å². The van der Waals surface area contributed by atoms with Crippen LogP contribution >= 0.6 is 0 Å². The summed E-state index contributed by atoms with van der Waals surface area (Å²) >= 11 is 0. The van der Waals surface area contributed by atoms with Gasteiger partial charge in [-0.3, -0.25) is 4.90 Å². The molecule has 0 heterocycles. The highest BCUT2D eigenvalue weighted by atomic mass is 16.5. The van der Waals surface area contributed by atoms with Crippen LogP contribution in [0, 0.1) is 0 Å². The maximum Gasteiger partial charge on any atom is 0.0664 e. The number of aliphatic hydroxyl groups is 2. The summed E-state index contributed by atoms with van der Waals surface area (Å²) < 4.78 is 4.93. The molecule has 0 amide bonds. The van der Waals surface area contributed by atoms with E-state index >= 15 is 0 Å². The smallest absolute Gasteiger partial charge is 0.0664 e. The summed E-state index contributed by atoms with van der Waals surface area (Å²) in [6.45, 7) is 4.67. The maximum absolute atomic E-state index is 9.39. The number of rotatable bonds is 8. The van der Waals surface area contributed by atoms with Crippen LogP contribution in [0.3, 0.4) is 0 Å². The fraction of sp³-hybridized carbons (Fsp3) is 1.00. The summed E-state index contributed by atoms with van der Waals surface area (Å²) in [5.74, 6) is 0. The van der Waals surface area contributed by atoms with E-state index in [1.165, 1.54) is 0 Å². The quantitative estimate of drug-likeness (QED) is 0.553. The molecular formula is C9H21NO3. The number of ether oxygens (including phenoxy) is 1. The lowest BCUT2D eigenvalue weighted by Crippen LogP contribution is -2.36. The van der Waals surface area contributed by atoms with Crippen molar-refractivity contribution in [1.82, 2.24) is 4.90 Å². The van der Waals surface area contributed by atoms with Crippen LogP contribution in [0.2, 0.25) is 0 Å². The number of hydrogen-bond acceptors (Lipinski definition) is 4. The van der Waals surface area contributed by atoms with Gasteiger partial charge in [-0.25, -0.2) is 0 Å². The highest BCUT2D eigenvalue weighted by Crippen LogP contribution is 1.95. The zero-order valence-corrected chi connectivity index (χ0v) is 8.57. The molecule has 0 aliphatic carbocycles. The molecule has 0 rings (SSSR count). The van der Waals surface area contributed by atoms with Gasteiger partial charge in [-0.05, 0) is 6.42 Å². The van der Waals surface area contributed by atoms with E-state index in [4.69, 9.17) is 9.84 Å². The van der Waals surface area contributed by atoms with Gasteiger partial charge in [0.1, 0.15) is 0 Å². The SMILES string of the molecule is CCC(O)CN(CCO)CCOC. The lowest BCUT2D eigenvalue weighted by molar-refractivity contribution is 0.0763. The second kappa shape index (κ2) is 8.44. The normalized spacial score (nSPS) is 13.6. The molecule has 0 aromatic carbocycles. The van der Waals surface area contributed by atoms with Crippen LogP contribution in [0.4, 0.5) is 0 Å². The van der Waals surface area contributed by atoms with Gasteiger partial charge >= 0.3 is 0 Å². The molecule has 0 saturated carbocycles. The van der Waals surface area contributed by atoms with Gasteiger partial charge in [-0.15, -0.1) is 0 Å². The molecule has 0 bridgehead atoms. The molecule has 1 atom stereocenters. The molecule has 0 aromatic rings. The van der Waals surface area contributed by atoms with Gasteiger partial charge in [0.2, 0.25) is 0 Å². The van der Waals surface area contributed by atoms with E-state index < -0.39 is 0 Å². The van der Waals surface area contributed by atoms with E-state index in [1.807, 2.05) is 11.8 Å². The first-order chi connectivity index (χ1) is 6.24. The largest absolute Gasteiger partial charge is 0.395 e. The Bertz CT molecular complexity index is 111. The molecule has 0 radical (unpaired) electrons. The van der Waals surface area contributed by atoms with Gasteiger partial charge in [0.25, 0.3) is 0 Å². The Kier molecular flexibility index (Phi) is 8.33. The molecule has 0 saturated heterocycles. The highest BCUT2D eigenvalue weighted by Gasteiger charge is 2.08. The minimum absolute atomic E-state index is 0.125. The monoisotopic (exact) mass is 191 g/mol. The van der Waals surface area contributed by atoms with Crippen molar-refractivity contribution in [2.75, 3.05) is 40.0 Å². The third kappa shape index (κ3) is 6.95. The minimum Gasteiger partial charge on any atom is -0.395 e. The van der Waals surface area contributed by atoms with Crippen molar-refractivity contribution in [1.29, 1.82) is 0 Å². The second-order valence-electron chi connectivity index (χ2n) is 3.08. The van der Waals surface area contributed by atoms with Crippen LogP contribution in [0.5, 0.6) is 0 Å². The number of methoxy groups -OCH3 is 1. The number of nitrogens with zero attached hydrogens (tertiary/aromatic N) is 1. The summed E-state index contributed by atoms with van der Waals surface area (Å²) in [6.07, 6.45) is 0.443. The minimum atomic E-state index is -0.302. The summed E-state index contributed by atoms with van der Waals surface area (Å²) in [5, 5.41) is 18.1. The van der Waals surface area contributed by atoms with E-state index in [0.29, 0.717) is 19.7 Å². The first-order valence-corrected chi connectivity index (χ1v) is 4.74. The Morgan fingerprint density at radius 1 is 1.38 bits per heavy atom. The third-order valence-corrected chi connectivity index (χ3v) is 1.97. The van der Waals surface area contributed by atoms with Crippen LogP contribution < -0.4 is 0 Å². The lowest BCUT2D eigenvalue weighted by atomic mass is 10.2. The number of hydrogen-bond donors (Lipinski definition) is 2. The molecule has 2 N–H and O–H groups in total. The summed E-state index contributed by atoms with van der Waals surface area (Å²) in [4.78, 5) is 2.00. The Morgan fingerprint density at radius 3 is 2.54 bits per heavy atom. The highest BCUT2D eigenvalue weighted by molar-refractivity contribution is 4.62. The molecule has 4 nitrogen and oxygen atoms in total. The first kappa shape index (κ1) is 12.8.